The Balaban J connectivity index is 2.17. The van der Waals surface area contributed by atoms with Gasteiger partial charge in [0.05, 0.1) is 17.9 Å². The fourth-order valence-electron chi connectivity index (χ4n) is 1.11. The first-order valence-corrected chi connectivity index (χ1v) is 4.82. The molecule has 0 aliphatic rings. The van der Waals surface area contributed by atoms with Gasteiger partial charge in [-0.2, -0.15) is 10.2 Å². The van der Waals surface area contributed by atoms with Crippen LogP contribution in [0.4, 0.5) is 11.5 Å². The number of halogens is 1. The summed E-state index contributed by atoms with van der Waals surface area (Å²) in [7, 11) is 0. The van der Waals surface area contributed by atoms with Gasteiger partial charge in [-0.25, -0.2) is 4.98 Å². The SMILES string of the molecule is CC(Nc1nc(Cl)ncc1N)c1nn[nH]n1. The number of anilines is 2. The fraction of sp³-hybridized carbons (Fsp3) is 0.286. The van der Waals surface area contributed by atoms with Gasteiger partial charge in [0, 0.05) is 0 Å². The van der Waals surface area contributed by atoms with Crippen molar-refractivity contribution in [1.82, 2.24) is 30.6 Å². The molecule has 1 unspecified atom stereocenters. The zero-order valence-electron chi connectivity index (χ0n) is 8.35. The molecule has 0 aromatic carbocycles. The van der Waals surface area contributed by atoms with Crippen LogP contribution in [-0.2, 0) is 0 Å². The second-order valence-corrected chi connectivity index (χ2v) is 3.42. The Morgan fingerprint density at radius 2 is 2.38 bits per heavy atom. The molecule has 4 N–H and O–H groups in total. The number of nitrogens with two attached hydrogens (primary N) is 1. The molecule has 0 spiro atoms. The Kier molecular flexibility index (Phi) is 2.82. The Labute approximate surface area is 95.6 Å². The van der Waals surface area contributed by atoms with Gasteiger partial charge in [-0.1, -0.05) is 5.21 Å². The van der Waals surface area contributed by atoms with Crippen molar-refractivity contribution < 1.29 is 0 Å². The largest absolute Gasteiger partial charge is 0.394 e. The van der Waals surface area contributed by atoms with E-state index in [1.807, 2.05) is 6.92 Å². The smallest absolute Gasteiger partial charge is 0.224 e. The highest BCUT2D eigenvalue weighted by atomic mass is 35.5. The van der Waals surface area contributed by atoms with Crippen LogP contribution in [0.1, 0.15) is 18.8 Å². The summed E-state index contributed by atoms with van der Waals surface area (Å²) in [5.41, 5.74) is 6.08. The molecule has 0 fully saturated rings. The number of aromatic nitrogens is 6. The lowest BCUT2D eigenvalue weighted by Crippen LogP contribution is -2.12. The van der Waals surface area contributed by atoms with E-state index >= 15 is 0 Å². The molecular formula is C7H9ClN8. The normalized spacial score (nSPS) is 12.4. The van der Waals surface area contributed by atoms with Gasteiger partial charge in [-0.3, -0.25) is 0 Å². The summed E-state index contributed by atoms with van der Waals surface area (Å²) >= 11 is 5.66. The molecule has 0 saturated carbocycles. The van der Waals surface area contributed by atoms with Crippen LogP contribution in [0.25, 0.3) is 0 Å². The van der Waals surface area contributed by atoms with Crippen LogP contribution in [0.15, 0.2) is 6.20 Å². The van der Waals surface area contributed by atoms with E-state index in [0.717, 1.165) is 0 Å². The maximum Gasteiger partial charge on any atom is 0.224 e. The number of nitrogens with one attached hydrogen (secondary N) is 2. The molecule has 2 aromatic heterocycles. The number of H-pyrrole nitrogens is 1. The summed E-state index contributed by atoms with van der Waals surface area (Å²) < 4.78 is 0. The average molecular weight is 241 g/mol. The van der Waals surface area contributed by atoms with E-state index in [1.54, 1.807) is 0 Å². The molecule has 9 heteroatoms. The maximum absolute atomic E-state index is 5.68. The Morgan fingerprint density at radius 1 is 1.56 bits per heavy atom. The first-order chi connectivity index (χ1) is 7.66. The summed E-state index contributed by atoms with van der Waals surface area (Å²) in [6, 6.07) is -0.188. The molecule has 0 aliphatic carbocycles. The molecule has 0 bridgehead atoms. The predicted octanol–water partition coefficient (Wildman–Crippen LogP) is 0.398. The third-order valence-electron chi connectivity index (χ3n) is 1.89. The predicted molar refractivity (Wildman–Crippen MR) is 57.7 cm³/mol. The molecule has 0 radical (unpaired) electrons. The quantitative estimate of drug-likeness (QED) is 0.665. The molecule has 8 nitrogen and oxygen atoms in total. The van der Waals surface area contributed by atoms with E-state index in [2.05, 4.69) is 35.9 Å². The maximum atomic E-state index is 5.68. The number of nitrogen functional groups attached to an aromatic ring is 1. The fourth-order valence-corrected chi connectivity index (χ4v) is 1.24. The average Bonchev–Trinajstić information content (AvgIpc) is 2.76. The lowest BCUT2D eigenvalue weighted by atomic mass is 10.3. The number of rotatable bonds is 3. The van der Waals surface area contributed by atoms with Crippen molar-refractivity contribution in [3.63, 3.8) is 0 Å². The van der Waals surface area contributed by atoms with Gasteiger partial charge in [0.1, 0.15) is 0 Å². The zero-order chi connectivity index (χ0) is 11.5. The Morgan fingerprint density at radius 3 is 3.06 bits per heavy atom. The van der Waals surface area contributed by atoms with Crippen LogP contribution in [-0.4, -0.2) is 30.6 Å². The number of nitrogens with zero attached hydrogens (tertiary/aromatic N) is 5. The van der Waals surface area contributed by atoms with Crippen molar-refractivity contribution >= 4 is 23.1 Å². The highest BCUT2D eigenvalue weighted by Crippen LogP contribution is 2.20. The molecular weight excluding hydrogens is 232 g/mol. The summed E-state index contributed by atoms with van der Waals surface area (Å²) in [6.45, 7) is 1.85. The van der Waals surface area contributed by atoms with Crippen LogP contribution in [0, 0.1) is 0 Å². The second-order valence-electron chi connectivity index (χ2n) is 3.08. The summed E-state index contributed by atoms with van der Waals surface area (Å²) in [5.74, 6) is 0.950. The molecule has 2 heterocycles. The van der Waals surface area contributed by atoms with E-state index in [9.17, 15) is 0 Å². The topological polar surface area (TPSA) is 118 Å². The van der Waals surface area contributed by atoms with Gasteiger partial charge < -0.3 is 11.1 Å². The molecule has 0 amide bonds. The monoisotopic (exact) mass is 240 g/mol. The lowest BCUT2D eigenvalue weighted by Gasteiger charge is -2.11. The lowest BCUT2D eigenvalue weighted by molar-refractivity contribution is 0.787. The van der Waals surface area contributed by atoms with Gasteiger partial charge in [0.15, 0.2) is 11.6 Å². The van der Waals surface area contributed by atoms with Crippen LogP contribution in [0.3, 0.4) is 0 Å². The molecule has 2 rings (SSSR count). The molecule has 1 atom stereocenters. The van der Waals surface area contributed by atoms with Crippen LogP contribution < -0.4 is 11.1 Å². The van der Waals surface area contributed by atoms with Crippen molar-refractivity contribution in [2.75, 3.05) is 11.1 Å². The second kappa shape index (κ2) is 4.27. The van der Waals surface area contributed by atoms with Crippen molar-refractivity contribution in [3.05, 3.63) is 17.3 Å². The molecule has 2 aromatic rings. The van der Waals surface area contributed by atoms with Gasteiger partial charge in [0.2, 0.25) is 5.28 Å². The highest BCUT2D eigenvalue weighted by molar-refractivity contribution is 6.28. The molecule has 84 valence electrons. The Hall–Kier alpha value is -1.96. The van der Waals surface area contributed by atoms with Gasteiger partial charge in [-0.05, 0) is 18.5 Å². The number of hydrogen-bond acceptors (Lipinski definition) is 7. The van der Waals surface area contributed by atoms with Crippen molar-refractivity contribution in [1.29, 1.82) is 0 Å². The van der Waals surface area contributed by atoms with Crippen LogP contribution in [0.5, 0.6) is 0 Å². The van der Waals surface area contributed by atoms with Crippen molar-refractivity contribution in [3.8, 4) is 0 Å². The van der Waals surface area contributed by atoms with E-state index in [0.29, 0.717) is 17.3 Å². The first kappa shape index (κ1) is 10.6. The van der Waals surface area contributed by atoms with E-state index < -0.39 is 0 Å². The van der Waals surface area contributed by atoms with Gasteiger partial charge in [0.25, 0.3) is 0 Å². The number of tetrazole rings is 1. The van der Waals surface area contributed by atoms with E-state index in [1.165, 1.54) is 6.20 Å². The minimum atomic E-state index is -0.188. The standard InChI is InChI=1S/C7H9ClN8/c1-3(5-13-15-16-14-5)11-6-4(9)2-10-7(8)12-6/h2-3H,9H2,1H3,(H,10,11,12)(H,13,14,15,16). The zero-order valence-corrected chi connectivity index (χ0v) is 9.10. The summed E-state index contributed by atoms with van der Waals surface area (Å²) in [4.78, 5) is 7.70. The molecule has 0 aliphatic heterocycles. The third-order valence-corrected chi connectivity index (χ3v) is 2.07. The highest BCUT2D eigenvalue weighted by Gasteiger charge is 2.12. The minimum absolute atomic E-state index is 0.122. The molecule has 16 heavy (non-hydrogen) atoms. The van der Waals surface area contributed by atoms with E-state index in [4.69, 9.17) is 17.3 Å². The van der Waals surface area contributed by atoms with Crippen molar-refractivity contribution in [2.45, 2.75) is 13.0 Å². The number of hydrogen-bond donors (Lipinski definition) is 3. The van der Waals surface area contributed by atoms with Crippen LogP contribution in [0.2, 0.25) is 5.28 Å². The minimum Gasteiger partial charge on any atom is -0.394 e. The van der Waals surface area contributed by atoms with E-state index in [-0.39, 0.29) is 11.3 Å². The first-order valence-electron chi connectivity index (χ1n) is 4.44. The third kappa shape index (κ3) is 2.16. The van der Waals surface area contributed by atoms with Gasteiger partial charge >= 0.3 is 0 Å². The van der Waals surface area contributed by atoms with Crippen LogP contribution >= 0.6 is 11.6 Å². The molecule has 0 saturated heterocycles. The Bertz CT molecular complexity index is 469. The van der Waals surface area contributed by atoms with Crippen molar-refractivity contribution in [2.24, 2.45) is 0 Å². The number of aromatic amines is 1. The van der Waals surface area contributed by atoms with Gasteiger partial charge in [-0.15, -0.1) is 10.2 Å². The summed E-state index contributed by atoms with van der Waals surface area (Å²) in [6.07, 6.45) is 1.43. The summed E-state index contributed by atoms with van der Waals surface area (Å²) in [5, 5.41) is 16.6.